The molecule has 0 N–H and O–H groups in total. The van der Waals surface area contributed by atoms with Crippen LogP contribution in [0.3, 0.4) is 0 Å². The van der Waals surface area contributed by atoms with Gasteiger partial charge in [0.05, 0.1) is 0 Å². The summed E-state index contributed by atoms with van der Waals surface area (Å²) in [5.74, 6) is 0.815. The molecule has 2 rings (SSSR count). The van der Waals surface area contributed by atoms with E-state index in [9.17, 15) is 0 Å². The van der Waals surface area contributed by atoms with Crippen LogP contribution < -0.4 is 37.2 Å². The summed E-state index contributed by atoms with van der Waals surface area (Å²) in [4.78, 5) is 0. The van der Waals surface area contributed by atoms with Crippen molar-refractivity contribution in [3.8, 4) is 0 Å². The zero-order valence-corrected chi connectivity index (χ0v) is 13.6. The molecule has 4 heteroatoms. The van der Waals surface area contributed by atoms with Crippen molar-refractivity contribution < 1.29 is 57.7 Å². The van der Waals surface area contributed by atoms with Gasteiger partial charge < -0.3 is 37.2 Å². The second-order valence-corrected chi connectivity index (χ2v) is 5.05. The number of hydrogen-bond acceptors (Lipinski definition) is 0. The average Bonchev–Trinajstić information content (AvgIpc) is 2.41. The zero-order valence-electron chi connectivity index (χ0n) is 9.75. The van der Waals surface area contributed by atoms with Gasteiger partial charge in [0.2, 0.25) is 0 Å². The summed E-state index contributed by atoms with van der Waals surface area (Å²) >= 11 is 2.34. The van der Waals surface area contributed by atoms with Crippen LogP contribution in [-0.4, -0.2) is 0 Å². The minimum Gasteiger partial charge on any atom is -1.00 e. The summed E-state index contributed by atoms with van der Waals surface area (Å²) in [6, 6.07) is 0. The normalized spacial score (nSPS) is 23.1. The standard InChI is InChI=1S/C12H17.3ClH.Ti/c1-3-10-8-9(2)11-6-4-5-7-12(10)11;;;;/h10H,3-7H2,1-2H3;3*1H;/q;;;;+3/p-3. The Kier molecular flexibility index (Phi) is 9.96. The van der Waals surface area contributed by atoms with E-state index >= 15 is 0 Å². The summed E-state index contributed by atoms with van der Waals surface area (Å²) in [6.07, 6.45) is 6.88. The first kappa shape index (κ1) is 19.4. The van der Waals surface area contributed by atoms with E-state index in [4.69, 9.17) is 0 Å². The number of hydrogen-bond donors (Lipinski definition) is 0. The van der Waals surface area contributed by atoms with Gasteiger partial charge in [0.25, 0.3) is 0 Å². The van der Waals surface area contributed by atoms with E-state index in [0.717, 1.165) is 5.92 Å². The minimum absolute atomic E-state index is 0. The molecule has 0 saturated carbocycles. The van der Waals surface area contributed by atoms with E-state index in [2.05, 4.69) is 34.3 Å². The number of rotatable bonds is 1. The van der Waals surface area contributed by atoms with Crippen molar-refractivity contribution in [1.29, 1.82) is 0 Å². The molecule has 0 aromatic rings. The van der Waals surface area contributed by atoms with Crippen molar-refractivity contribution in [1.82, 2.24) is 0 Å². The molecular formula is C12H17Cl3Ti. The first-order valence-electron chi connectivity index (χ1n) is 5.40. The first-order valence-corrected chi connectivity index (χ1v) is 6.18. The Morgan fingerprint density at radius 2 is 1.69 bits per heavy atom. The monoisotopic (exact) mass is 314 g/mol. The van der Waals surface area contributed by atoms with Crippen LogP contribution in [0.15, 0.2) is 20.6 Å². The van der Waals surface area contributed by atoms with E-state index in [1.807, 2.05) is 0 Å². The Balaban J connectivity index is 0. The molecular weight excluding hydrogens is 298 g/mol. The van der Waals surface area contributed by atoms with Crippen LogP contribution >= 0.6 is 0 Å². The van der Waals surface area contributed by atoms with Crippen LogP contribution in [0.2, 0.25) is 0 Å². The molecule has 16 heavy (non-hydrogen) atoms. The predicted octanol–water partition coefficient (Wildman–Crippen LogP) is -5.27. The first-order chi connectivity index (χ1) is 6.25. The summed E-state index contributed by atoms with van der Waals surface area (Å²) in [5.41, 5.74) is 5.15. The van der Waals surface area contributed by atoms with E-state index in [1.165, 1.54) is 32.1 Å². The van der Waals surface area contributed by atoms with Crippen molar-refractivity contribution >= 4 is 0 Å². The molecule has 0 nitrogen and oxygen atoms in total. The predicted molar refractivity (Wildman–Crippen MR) is 52.0 cm³/mol. The van der Waals surface area contributed by atoms with E-state index in [0.29, 0.717) is 0 Å². The molecule has 0 fully saturated rings. The van der Waals surface area contributed by atoms with Gasteiger partial charge in [-0.15, -0.1) is 0 Å². The summed E-state index contributed by atoms with van der Waals surface area (Å²) in [6.45, 7) is 4.65. The fourth-order valence-electron chi connectivity index (χ4n) is 2.79. The summed E-state index contributed by atoms with van der Waals surface area (Å²) < 4.78 is 1.66. The Labute approximate surface area is 129 Å². The maximum atomic E-state index is 2.34. The van der Waals surface area contributed by atoms with Gasteiger partial charge >= 0.3 is 92.9 Å². The SMILES string of the molecule is CCC1[C]([Ti+3])=C(C)C2=C1CCCC2.[Cl-].[Cl-].[Cl-]. The smallest absolute Gasteiger partial charge is 1.00 e. The zero-order chi connectivity index (χ0) is 9.42. The van der Waals surface area contributed by atoms with Gasteiger partial charge in [-0.25, -0.2) is 0 Å². The van der Waals surface area contributed by atoms with Crippen LogP contribution in [0.5, 0.6) is 0 Å². The van der Waals surface area contributed by atoms with Gasteiger partial charge in [0.15, 0.2) is 0 Å². The summed E-state index contributed by atoms with van der Waals surface area (Å²) in [5, 5.41) is 0. The van der Waals surface area contributed by atoms with Gasteiger partial charge in [0, 0.05) is 0 Å². The van der Waals surface area contributed by atoms with E-state index in [1.54, 1.807) is 20.6 Å². The number of halogens is 3. The van der Waals surface area contributed by atoms with Gasteiger partial charge in [0.1, 0.15) is 0 Å². The largest absolute Gasteiger partial charge is 1.00 e. The Morgan fingerprint density at radius 1 is 1.12 bits per heavy atom. The number of allylic oxidation sites excluding steroid dienone is 4. The third-order valence-corrected chi connectivity index (χ3v) is 4.67. The molecule has 90 valence electrons. The molecule has 0 heterocycles. The van der Waals surface area contributed by atoms with Gasteiger partial charge in [-0.3, -0.25) is 0 Å². The van der Waals surface area contributed by atoms with E-state index in [-0.39, 0.29) is 37.2 Å². The Morgan fingerprint density at radius 3 is 2.25 bits per heavy atom. The Bertz CT molecular complexity index is 295. The second kappa shape index (κ2) is 8.22. The van der Waals surface area contributed by atoms with Crippen molar-refractivity contribution in [2.75, 3.05) is 0 Å². The van der Waals surface area contributed by atoms with Gasteiger partial charge in [-0.1, -0.05) is 0 Å². The maximum Gasteiger partial charge on any atom is -1.00 e. The molecule has 0 aromatic carbocycles. The van der Waals surface area contributed by atoms with Crippen LogP contribution in [0.4, 0.5) is 0 Å². The summed E-state index contributed by atoms with van der Waals surface area (Å²) in [7, 11) is 0. The van der Waals surface area contributed by atoms with Crippen molar-refractivity contribution in [3.63, 3.8) is 0 Å². The third-order valence-electron chi connectivity index (χ3n) is 3.54. The third kappa shape index (κ3) is 3.30. The van der Waals surface area contributed by atoms with Crippen LogP contribution in [0.25, 0.3) is 0 Å². The topological polar surface area (TPSA) is 0 Å². The quantitative estimate of drug-likeness (QED) is 0.424. The Hall–Kier alpha value is 1.06. The van der Waals surface area contributed by atoms with Gasteiger partial charge in [-0.05, 0) is 0 Å². The molecule has 0 aliphatic heterocycles. The average molecular weight is 315 g/mol. The molecule has 1 atom stereocenters. The van der Waals surface area contributed by atoms with Crippen LogP contribution in [-0.2, 0) is 20.4 Å². The molecule has 0 amide bonds. The molecule has 2 aliphatic rings. The maximum absolute atomic E-state index is 2.34. The van der Waals surface area contributed by atoms with Gasteiger partial charge in [-0.2, -0.15) is 0 Å². The fraction of sp³-hybridized carbons (Fsp3) is 0.667. The fourth-order valence-corrected chi connectivity index (χ4v) is 3.62. The van der Waals surface area contributed by atoms with Crippen molar-refractivity contribution in [2.45, 2.75) is 46.0 Å². The van der Waals surface area contributed by atoms with Crippen molar-refractivity contribution in [2.24, 2.45) is 5.92 Å². The van der Waals surface area contributed by atoms with Crippen LogP contribution in [0, 0.1) is 5.92 Å². The molecule has 0 bridgehead atoms. The molecule has 0 radical (unpaired) electrons. The molecule has 0 spiro atoms. The molecule has 0 saturated heterocycles. The molecule has 1 unspecified atom stereocenters. The second-order valence-electron chi connectivity index (χ2n) is 4.21. The van der Waals surface area contributed by atoms with Crippen molar-refractivity contribution in [3.05, 3.63) is 20.6 Å². The van der Waals surface area contributed by atoms with Crippen LogP contribution in [0.1, 0.15) is 46.0 Å². The molecule has 2 aliphatic carbocycles. The van der Waals surface area contributed by atoms with E-state index < -0.39 is 0 Å². The minimum atomic E-state index is 0. The molecule has 0 aromatic heterocycles.